The molecule has 0 spiro atoms. The van der Waals surface area contributed by atoms with Crippen LogP contribution in [0.5, 0.6) is 5.75 Å². The van der Waals surface area contributed by atoms with Crippen LogP contribution >= 0.6 is 11.3 Å². The van der Waals surface area contributed by atoms with Gasteiger partial charge in [0.05, 0.1) is 11.1 Å². The Bertz CT molecular complexity index is 744. The summed E-state index contributed by atoms with van der Waals surface area (Å²) in [6.45, 7) is -1.50. The molecule has 2 heterocycles. The van der Waals surface area contributed by atoms with Gasteiger partial charge < -0.3 is 14.5 Å². The zero-order chi connectivity index (χ0) is 17.8. The molecule has 1 saturated heterocycles. The van der Waals surface area contributed by atoms with Gasteiger partial charge in [-0.05, 0) is 23.6 Å². The van der Waals surface area contributed by atoms with E-state index in [2.05, 4.69) is 4.74 Å². The lowest BCUT2D eigenvalue weighted by Gasteiger charge is -2.34. The van der Waals surface area contributed by atoms with Crippen molar-refractivity contribution in [3.63, 3.8) is 0 Å². The Hall–Kier alpha value is -2.48. The van der Waals surface area contributed by atoms with Gasteiger partial charge in [0, 0.05) is 31.6 Å². The summed E-state index contributed by atoms with van der Waals surface area (Å²) >= 11 is 1.45. The molecule has 1 fully saturated rings. The number of carbonyl (C=O) groups is 2. The van der Waals surface area contributed by atoms with Crippen LogP contribution in [0.2, 0.25) is 0 Å². The highest BCUT2D eigenvalue weighted by atomic mass is 32.1. The number of hydrogen-bond acceptors (Lipinski definition) is 4. The van der Waals surface area contributed by atoms with E-state index in [1.54, 1.807) is 27.3 Å². The molecular formula is C17H16F2N2O3S. The second kappa shape index (κ2) is 7.60. The molecule has 8 heteroatoms. The van der Waals surface area contributed by atoms with Crippen molar-refractivity contribution in [2.45, 2.75) is 6.61 Å². The molecule has 0 atom stereocenters. The SMILES string of the molecule is O=C(c1ccsc1)N1CCN(C(=O)c2ccccc2OC(F)F)CC1. The quantitative estimate of drug-likeness (QED) is 0.836. The van der Waals surface area contributed by atoms with Gasteiger partial charge >= 0.3 is 6.61 Å². The van der Waals surface area contributed by atoms with E-state index in [0.29, 0.717) is 31.7 Å². The fraction of sp³-hybridized carbons (Fsp3) is 0.294. The second-order valence-corrected chi connectivity index (χ2v) is 6.25. The first kappa shape index (κ1) is 17.3. The summed E-state index contributed by atoms with van der Waals surface area (Å²) in [6.07, 6.45) is 0. The number of hydrogen-bond donors (Lipinski definition) is 0. The van der Waals surface area contributed by atoms with Gasteiger partial charge in [-0.25, -0.2) is 0 Å². The molecule has 0 bridgehead atoms. The van der Waals surface area contributed by atoms with Crippen molar-refractivity contribution >= 4 is 23.2 Å². The van der Waals surface area contributed by atoms with Crippen molar-refractivity contribution in [2.75, 3.05) is 26.2 Å². The van der Waals surface area contributed by atoms with E-state index in [1.807, 2.05) is 5.38 Å². The molecule has 1 aliphatic heterocycles. The van der Waals surface area contributed by atoms with E-state index in [1.165, 1.54) is 29.5 Å². The van der Waals surface area contributed by atoms with Gasteiger partial charge in [0.1, 0.15) is 5.75 Å². The lowest BCUT2D eigenvalue weighted by atomic mass is 10.1. The van der Waals surface area contributed by atoms with Crippen LogP contribution in [0, 0.1) is 0 Å². The maximum absolute atomic E-state index is 12.6. The average Bonchev–Trinajstić information content (AvgIpc) is 3.15. The van der Waals surface area contributed by atoms with Gasteiger partial charge in [0.15, 0.2) is 0 Å². The molecule has 25 heavy (non-hydrogen) atoms. The fourth-order valence-electron chi connectivity index (χ4n) is 2.69. The molecule has 2 aromatic rings. The number of carbonyl (C=O) groups excluding carboxylic acids is 2. The molecule has 0 unspecified atom stereocenters. The summed E-state index contributed by atoms with van der Waals surface area (Å²) in [5, 5.41) is 3.63. The molecule has 5 nitrogen and oxygen atoms in total. The monoisotopic (exact) mass is 366 g/mol. The molecular weight excluding hydrogens is 350 g/mol. The highest BCUT2D eigenvalue weighted by Gasteiger charge is 2.27. The smallest absolute Gasteiger partial charge is 0.387 e. The molecule has 132 valence electrons. The first-order chi connectivity index (χ1) is 12.1. The maximum atomic E-state index is 12.6. The van der Waals surface area contributed by atoms with Crippen LogP contribution in [-0.4, -0.2) is 54.4 Å². The van der Waals surface area contributed by atoms with Crippen molar-refractivity contribution in [2.24, 2.45) is 0 Å². The van der Waals surface area contributed by atoms with Crippen molar-refractivity contribution in [1.82, 2.24) is 9.80 Å². The summed E-state index contributed by atoms with van der Waals surface area (Å²) < 4.78 is 29.4. The van der Waals surface area contributed by atoms with Gasteiger partial charge in [-0.2, -0.15) is 20.1 Å². The molecule has 0 aliphatic carbocycles. The zero-order valence-electron chi connectivity index (χ0n) is 13.2. The molecule has 1 aromatic heterocycles. The van der Waals surface area contributed by atoms with Crippen LogP contribution < -0.4 is 4.74 Å². The van der Waals surface area contributed by atoms with Crippen molar-refractivity contribution in [3.05, 3.63) is 52.2 Å². The number of piperazine rings is 1. The average molecular weight is 366 g/mol. The minimum absolute atomic E-state index is 0.0604. The number of amides is 2. The van der Waals surface area contributed by atoms with E-state index in [-0.39, 0.29) is 23.1 Å². The predicted octanol–water partition coefficient (Wildman–Crippen LogP) is 2.95. The summed E-state index contributed by atoms with van der Waals surface area (Å²) in [5.74, 6) is -0.576. The number of halogens is 2. The van der Waals surface area contributed by atoms with E-state index < -0.39 is 6.61 Å². The maximum Gasteiger partial charge on any atom is 0.387 e. The lowest BCUT2D eigenvalue weighted by Crippen LogP contribution is -2.50. The van der Waals surface area contributed by atoms with Crippen LogP contribution in [0.25, 0.3) is 0 Å². The molecule has 0 radical (unpaired) electrons. The molecule has 0 saturated carbocycles. The number of nitrogens with zero attached hydrogens (tertiary/aromatic N) is 2. The summed E-state index contributed by atoms with van der Waals surface area (Å²) in [5.41, 5.74) is 0.737. The highest BCUT2D eigenvalue weighted by Crippen LogP contribution is 2.23. The number of alkyl halides is 2. The Kier molecular flexibility index (Phi) is 5.28. The van der Waals surface area contributed by atoms with E-state index in [0.717, 1.165) is 0 Å². The Morgan fingerprint density at radius 2 is 1.64 bits per heavy atom. The Balaban J connectivity index is 1.65. The van der Waals surface area contributed by atoms with Gasteiger partial charge in [-0.1, -0.05) is 12.1 Å². The first-order valence-corrected chi connectivity index (χ1v) is 8.65. The van der Waals surface area contributed by atoms with E-state index in [4.69, 9.17) is 0 Å². The van der Waals surface area contributed by atoms with Crippen LogP contribution in [0.1, 0.15) is 20.7 Å². The largest absolute Gasteiger partial charge is 0.434 e. The van der Waals surface area contributed by atoms with Crippen molar-refractivity contribution < 1.29 is 23.1 Å². The summed E-state index contributed by atoms with van der Waals surface area (Å²) in [4.78, 5) is 28.1. The molecule has 2 amide bonds. The Morgan fingerprint density at radius 1 is 1.00 bits per heavy atom. The van der Waals surface area contributed by atoms with E-state index in [9.17, 15) is 18.4 Å². The number of para-hydroxylation sites is 1. The van der Waals surface area contributed by atoms with Gasteiger partial charge in [0.25, 0.3) is 11.8 Å². The number of ether oxygens (including phenoxy) is 1. The van der Waals surface area contributed by atoms with Crippen LogP contribution in [0.15, 0.2) is 41.1 Å². The Labute approximate surface area is 147 Å². The van der Waals surface area contributed by atoms with Crippen LogP contribution in [0.4, 0.5) is 8.78 Å². The third-order valence-electron chi connectivity index (χ3n) is 3.96. The second-order valence-electron chi connectivity index (χ2n) is 5.47. The summed E-state index contributed by atoms with van der Waals surface area (Å²) in [6, 6.07) is 7.70. The minimum Gasteiger partial charge on any atom is -0.434 e. The molecule has 3 rings (SSSR count). The number of benzene rings is 1. The minimum atomic E-state index is -2.99. The topological polar surface area (TPSA) is 49.9 Å². The van der Waals surface area contributed by atoms with Crippen molar-refractivity contribution in [3.8, 4) is 5.75 Å². The van der Waals surface area contributed by atoms with Crippen molar-refractivity contribution in [1.29, 1.82) is 0 Å². The van der Waals surface area contributed by atoms with Crippen LogP contribution in [0.3, 0.4) is 0 Å². The highest BCUT2D eigenvalue weighted by molar-refractivity contribution is 7.08. The lowest BCUT2D eigenvalue weighted by molar-refractivity contribution is -0.0503. The normalized spacial score (nSPS) is 14.7. The van der Waals surface area contributed by atoms with Gasteiger partial charge in [0.2, 0.25) is 0 Å². The zero-order valence-corrected chi connectivity index (χ0v) is 14.0. The molecule has 1 aromatic carbocycles. The van der Waals surface area contributed by atoms with Crippen LogP contribution in [-0.2, 0) is 0 Å². The standard InChI is InChI=1S/C17H16F2N2O3S/c18-17(19)24-14-4-2-1-3-13(14)16(23)21-8-6-20(7-9-21)15(22)12-5-10-25-11-12/h1-5,10-11,17H,6-9H2. The van der Waals surface area contributed by atoms with Gasteiger partial charge in [-0.15, -0.1) is 0 Å². The Morgan fingerprint density at radius 3 is 2.24 bits per heavy atom. The van der Waals surface area contributed by atoms with E-state index >= 15 is 0 Å². The van der Waals surface area contributed by atoms with Gasteiger partial charge in [-0.3, -0.25) is 9.59 Å². The number of thiophene rings is 1. The molecule has 0 N–H and O–H groups in total. The predicted molar refractivity (Wildman–Crippen MR) is 89.2 cm³/mol. The number of rotatable bonds is 4. The third kappa shape index (κ3) is 3.96. The third-order valence-corrected chi connectivity index (χ3v) is 4.64. The summed E-state index contributed by atoms with van der Waals surface area (Å²) in [7, 11) is 0. The fourth-order valence-corrected chi connectivity index (χ4v) is 3.32. The molecule has 1 aliphatic rings. The first-order valence-electron chi connectivity index (χ1n) is 7.71.